The van der Waals surface area contributed by atoms with Gasteiger partial charge in [-0.05, 0) is 43.7 Å². The van der Waals surface area contributed by atoms with Crippen LogP contribution in [0.1, 0.15) is 22.6 Å². The Morgan fingerprint density at radius 3 is 2.59 bits per heavy atom. The molecule has 0 radical (unpaired) electrons. The van der Waals surface area contributed by atoms with Crippen LogP contribution in [0.3, 0.4) is 0 Å². The van der Waals surface area contributed by atoms with Gasteiger partial charge in [-0.3, -0.25) is 4.79 Å². The maximum Gasteiger partial charge on any atom is 0.275 e. The summed E-state index contributed by atoms with van der Waals surface area (Å²) in [4.78, 5) is 14.6. The van der Waals surface area contributed by atoms with Crippen LogP contribution in [0.2, 0.25) is 5.02 Å². The van der Waals surface area contributed by atoms with Crippen LogP contribution < -0.4 is 0 Å². The highest BCUT2D eigenvalue weighted by molar-refractivity contribution is 6.30. The monoisotopic (exact) mass is 317 g/mol. The minimum Gasteiger partial charge on any atom is -0.376 e. The van der Waals surface area contributed by atoms with E-state index in [9.17, 15) is 4.79 Å². The van der Waals surface area contributed by atoms with E-state index < -0.39 is 0 Å². The second-order valence-corrected chi connectivity index (χ2v) is 6.42. The molecule has 1 aromatic heterocycles. The smallest absolute Gasteiger partial charge is 0.275 e. The molecule has 0 bridgehead atoms. The van der Waals surface area contributed by atoms with Crippen molar-refractivity contribution < 1.29 is 9.53 Å². The molecule has 0 saturated carbocycles. The molecule has 2 aromatic rings. The van der Waals surface area contributed by atoms with Crippen molar-refractivity contribution in [2.45, 2.75) is 18.9 Å². The third-order valence-electron chi connectivity index (χ3n) is 4.54. The van der Waals surface area contributed by atoms with E-state index in [4.69, 9.17) is 16.3 Å². The van der Waals surface area contributed by atoms with E-state index in [2.05, 4.69) is 5.10 Å². The summed E-state index contributed by atoms with van der Waals surface area (Å²) < 4.78 is 7.04. The summed E-state index contributed by atoms with van der Waals surface area (Å²) in [6.07, 6.45) is 1.02. The Labute approximate surface area is 133 Å². The molecule has 2 fully saturated rings. The van der Waals surface area contributed by atoms with E-state index in [1.54, 1.807) is 4.68 Å². The van der Waals surface area contributed by atoms with Gasteiger partial charge in [0, 0.05) is 17.3 Å². The third-order valence-corrected chi connectivity index (χ3v) is 4.79. The van der Waals surface area contributed by atoms with Gasteiger partial charge in [-0.15, -0.1) is 0 Å². The van der Waals surface area contributed by atoms with Gasteiger partial charge < -0.3 is 9.64 Å². The maximum atomic E-state index is 12.7. The van der Waals surface area contributed by atoms with Crippen molar-refractivity contribution in [2.24, 2.45) is 0 Å². The van der Waals surface area contributed by atoms with Crippen molar-refractivity contribution in [3.63, 3.8) is 0 Å². The Morgan fingerprint density at radius 1 is 1.32 bits per heavy atom. The zero-order valence-electron chi connectivity index (χ0n) is 12.3. The van der Waals surface area contributed by atoms with Crippen LogP contribution in [0.5, 0.6) is 0 Å². The molecule has 0 N–H and O–H groups in total. The summed E-state index contributed by atoms with van der Waals surface area (Å²) in [5.74, 6) is -0.00892. The number of rotatable bonds is 2. The van der Waals surface area contributed by atoms with Gasteiger partial charge in [0.05, 0.1) is 24.4 Å². The first kappa shape index (κ1) is 13.8. The van der Waals surface area contributed by atoms with Gasteiger partial charge in [0.1, 0.15) is 0 Å². The molecule has 114 valence electrons. The fourth-order valence-corrected chi connectivity index (χ4v) is 3.18. The molecule has 4 rings (SSSR count). The highest BCUT2D eigenvalue weighted by Crippen LogP contribution is 2.38. The molecular weight excluding hydrogens is 302 g/mol. The molecule has 0 atom stereocenters. The molecule has 0 unspecified atom stereocenters. The molecule has 3 heterocycles. The molecule has 5 nitrogen and oxygen atoms in total. The molecule has 2 aliphatic rings. The second kappa shape index (κ2) is 4.83. The Morgan fingerprint density at radius 2 is 2.05 bits per heavy atom. The number of carbonyl (C=O) groups excluding carboxylic acids is 1. The van der Waals surface area contributed by atoms with Crippen LogP contribution in [0.4, 0.5) is 0 Å². The lowest BCUT2D eigenvalue weighted by Gasteiger charge is -2.57. The molecule has 1 amide bonds. The lowest BCUT2D eigenvalue weighted by molar-refractivity contribution is -0.172. The number of aromatic nitrogens is 2. The molecule has 22 heavy (non-hydrogen) atoms. The Balaban J connectivity index is 1.62. The predicted molar refractivity (Wildman–Crippen MR) is 82.5 cm³/mol. The number of carbonyl (C=O) groups is 1. The third kappa shape index (κ3) is 1.96. The minimum atomic E-state index is -0.0605. The van der Waals surface area contributed by atoms with Crippen LogP contribution in [0, 0.1) is 6.92 Å². The Hall–Kier alpha value is -1.85. The average Bonchev–Trinajstić information content (AvgIpc) is 2.79. The molecule has 2 saturated heterocycles. The first-order chi connectivity index (χ1) is 10.6. The predicted octanol–water partition coefficient (Wildman–Crippen LogP) is 2.45. The summed E-state index contributed by atoms with van der Waals surface area (Å²) in [6, 6.07) is 9.25. The van der Waals surface area contributed by atoms with Gasteiger partial charge in [-0.2, -0.15) is 5.10 Å². The number of hydrogen-bond acceptors (Lipinski definition) is 3. The van der Waals surface area contributed by atoms with Crippen LogP contribution >= 0.6 is 11.6 Å². The zero-order valence-corrected chi connectivity index (χ0v) is 13.0. The Bertz CT molecular complexity index is 729. The van der Waals surface area contributed by atoms with Crippen molar-refractivity contribution in [3.05, 3.63) is 46.7 Å². The molecule has 6 heteroatoms. The van der Waals surface area contributed by atoms with E-state index >= 15 is 0 Å². The van der Waals surface area contributed by atoms with E-state index in [0.29, 0.717) is 23.9 Å². The van der Waals surface area contributed by atoms with Gasteiger partial charge in [-0.1, -0.05) is 11.6 Å². The quantitative estimate of drug-likeness (QED) is 0.855. The summed E-state index contributed by atoms with van der Waals surface area (Å²) >= 11 is 5.91. The number of halogens is 1. The number of nitrogens with zero attached hydrogens (tertiary/aromatic N) is 3. The SMILES string of the molecule is Cc1cc(C(=O)N2CCC23COC3)nn1-c1ccc(Cl)cc1. The zero-order chi connectivity index (χ0) is 15.3. The van der Waals surface area contributed by atoms with Crippen molar-refractivity contribution in [1.82, 2.24) is 14.7 Å². The van der Waals surface area contributed by atoms with Crippen LogP contribution in [0.15, 0.2) is 30.3 Å². The molecule has 1 spiro atoms. The second-order valence-electron chi connectivity index (χ2n) is 5.98. The highest BCUT2D eigenvalue weighted by Gasteiger charge is 2.53. The van der Waals surface area contributed by atoms with Crippen LogP contribution in [0.25, 0.3) is 5.69 Å². The minimum absolute atomic E-state index is 0.00892. The first-order valence-corrected chi connectivity index (χ1v) is 7.69. The summed E-state index contributed by atoms with van der Waals surface area (Å²) in [5, 5.41) is 5.16. The summed E-state index contributed by atoms with van der Waals surface area (Å²) in [5.41, 5.74) is 2.24. The van der Waals surface area contributed by atoms with Crippen molar-refractivity contribution in [3.8, 4) is 5.69 Å². The molecular formula is C16H16ClN3O2. The summed E-state index contributed by atoms with van der Waals surface area (Å²) in [7, 11) is 0. The topological polar surface area (TPSA) is 47.4 Å². The number of likely N-dealkylation sites (tertiary alicyclic amines) is 1. The molecule has 1 aromatic carbocycles. The standard InChI is InChI=1S/C16H16ClN3O2/c1-11-8-14(15(21)19-7-6-16(19)9-22-10-16)18-20(11)13-4-2-12(17)3-5-13/h2-5,8H,6-7,9-10H2,1H3. The number of hydrogen-bond donors (Lipinski definition) is 0. The van der Waals surface area contributed by atoms with E-state index in [-0.39, 0.29) is 11.4 Å². The normalized spacial score (nSPS) is 18.9. The number of amides is 1. The maximum absolute atomic E-state index is 12.7. The van der Waals surface area contributed by atoms with Crippen LogP contribution in [-0.4, -0.2) is 45.9 Å². The molecule has 2 aliphatic heterocycles. The van der Waals surface area contributed by atoms with Crippen LogP contribution in [-0.2, 0) is 4.74 Å². The van der Waals surface area contributed by atoms with E-state index in [1.807, 2.05) is 42.2 Å². The lowest BCUT2D eigenvalue weighted by Crippen LogP contribution is -2.72. The first-order valence-electron chi connectivity index (χ1n) is 7.31. The number of benzene rings is 1. The fraction of sp³-hybridized carbons (Fsp3) is 0.375. The van der Waals surface area contributed by atoms with Crippen molar-refractivity contribution in [1.29, 1.82) is 0 Å². The fourth-order valence-electron chi connectivity index (χ4n) is 3.06. The largest absolute Gasteiger partial charge is 0.376 e. The van der Waals surface area contributed by atoms with Gasteiger partial charge in [-0.25, -0.2) is 4.68 Å². The average molecular weight is 318 g/mol. The number of ether oxygens (including phenoxy) is 1. The number of aryl methyl sites for hydroxylation is 1. The van der Waals surface area contributed by atoms with Crippen molar-refractivity contribution in [2.75, 3.05) is 19.8 Å². The Kier molecular flexibility index (Phi) is 3.03. The van der Waals surface area contributed by atoms with Gasteiger partial charge in [0.25, 0.3) is 5.91 Å². The molecule has 0 aliphatic carbocycles. The van der Waals surface area contributed by atoms with Crippen molar-refractivity contribution >= 4 is 17.5 Å². The van der Waals surface area contributed by atoms with Gasteiger partial charge in [0.15, 0.2) is 5.69 Å². The van der Waals surface area contributed by atoms with Gasteiger partial charge in [0.2, 0.25) is 0 Å². The van der Waals surface area contributed by atoms with Gasteiger partial charge >= 0.3 is 0 Å². The lowest BCUT2D eigenvalue weighted by atomic mass is 9.82. The highest BCUT2D eigenvalue weighted by atomic mass is 35.5. The summed E-state index contributed by atoms with van der Waals surface area (Å²) in [6.45, 7) is 4.02. The van der Waals surface area contributed by atoms with E-state index in [1.165, 1.54) is 0 Å². The van der Waals surface area contributed by atoms with E-state index in [0.717, 1.165) is 24.3 Å².